The Morgan fingerprint density at radius 3 is 2.56 bits per heavy atom. The van der Waals surface area contributed by atoms with Gasteiger partial charge in [0.05, 0.1) is 17.1 Å². The molecule has 0 aliphatic rings. The molecule has 1 rings (SSSR count). The molecule has 0 N–H and O–H groups in total. The molecule has 0 fully saturated rings. The van der Waals surface area contributed by atoms with Crippen molar-refractivity contribution in [3.8, 4) is 0 Å². The van der Waals surface area contributed by atoms with Crippen molar-refractivity contribution in [2.24, 2.45) is 0 Å². The minimum Gasteiger partial charge on any atom is -0.465 e. The monoisotopic (exact) mass is 306 g/mol. The highest BCUT2D eigenvalue weighted by Crippen LogP contribution is 2.31. The zero-order valence-corrected chi connectivity index (χ0v) is 10.9. The van der Waals surface area contributed by atoms with Gasteiger partial charge in [-0.2, -0.15) is 0 Å². The molecule has 0 unspecified atom stereocenters. The summed E-state index contributed by atoms with van der Waals surface area (Å²) >= 11 is 3.82. The van der Waals surface area contributed by atoms with E-state index in [1.807, 2.05) is 0 Å². The predicted molar refractivity (Wildman–Crippen MR) is 62.0 cm³/mol. The second-order valence-corrected chi connectivity index (χ2v) is 4.83. The van der Waals surface area contributed by atoms with Gasteiger partial charge in [-0.3, -0.25) is 4.79 Å². The number of ether oxygens (including phenoxy) is 1. The van der Waals surface area contributed by atoms with Crippen molar-refractivity contribution in [3.05, 3.63) is 28.0 Å². The molecule has 1 aromatic rings. The number of carbonyl (C=O) groups excluding carboxylic acids is 2. The average molecular weight is 307 g/mol. The summed E-state index contributed by atoms with van der Waals surface area (Å²) in [6.45, 7) is 1.36. The standard InChI is InChI=1S/C10H8BrFO3S/c1-5(13)16-7-4-3-6(12)9(11)8(7)10(14)15-2/h3-4H,1-2H3. The maximum atomic E-state index is 13.2. The van der Waals surface area contributed by atoms with Crippen LogP contribution in [-0.2, 0) is 9.53 Å². The summed E-state index contributed by atoms with van der Waals surface area (Å²) < 4.78 is 17.8. The van der Waals surface area contributed by atoms with E-state index in [9.17, 15) is 14.0 Å². The van der Waals surface area contributed by atoms with Gasteiger partial charge in [0.15, 0.2) is 5.12 Å². The Hall–Kier alpha value is -0.880. The van der Waals surface area contributed by atoms with E-state index in [0.29, 0.717) is 4.90 Å². The number of hydrogen-bond acceptors (Lipinski definition) is 4. The van der Waals surface area contributed by atoms with E-state index < -0.39 is 11.8 Å². The molecule has 16 heavy (non-hydrogen) atoms. The van der Waals surface area contributed by atoms with Crippen LogP contribution in [0.15, 0.2) is 21.5 Å². The van der Waals surface area contributed by atoms with Crippen molar-refractivity contribution in [2.45, 2.75) is 11.8 Å². The summed E-state index contributed by atoms with van der Waals surface area (Å²) in [5.41, 5.74) is 0.0303. The van der Waals surface area contributed by atoms with Crippen LogP contribution in [-0.4, -0.2) is 18.2 Å². The summed E-state index contributed by atoms with van der Waals surface area (Å²) in [6, 6.07) is 2.56. The summed E-state index contributed by atoms with van der Waals surface area (Å²) in [5.74, 6) is -1.26. The first-order chi connectivity index (χ1) is 7.47. The highest BCUT2D eigenvalue weighted by molar-refractivity contribution is 9.10. The fourth-order valence-electron chi connectivity index (χ4n) is 1.07. The highest BCUT2D eigenvalue weighted by Gasteiger charge is 2.20. The van der Waals surface area contributed by atoms with Gasteiger partial charge in [-0.25, -0.2) is 9.18 Å². The Morgan fingerprint density at radius 1 is 1.44 bits per heavy atom. The summed E-state index contributed by atoms with van der Waals surface area (Å²) in [5, 5.41) is -0.191. The summed E-state index contributed by atoms with van der Waals surface area (Å²) in [4.78, 5) is 22.8. The molecule has 0 radical (unpaired) electrons. The average Bonchev–Trinajstić information content (AvgIpc) is 2.22. The van der Waals surface area contributed by atoms with Gasteiger partial charge in [0.2, 0.25) is 0 Å². The van der Waals surface area contributed by atoms with Crippen LogP contribution in [0.2, 0.25) is 0 Å². The third-order valence-electron chi connectivity index (χ3n) is 1.70. The Labute approximate surface area is 104 Å². The first kappa shape index (κ1) is 13.2. The molecule has 0 amide bonds. The fourth-order valence-corrected chi connectivity index (χ4v) is 2.44. The Bertz CT molecular complexity index is 448. The number of thioether (sulfide) groups is 1. The van der Waals surface area contributed by atoms with Gasteiger partial charge in [0.25, 0.3) is 0 Å². The van der Waals surface area contributed by atoms with Gasteiger partial charge < -0.3 is 4.74 Å². The fraction of sp³-hybridized carbons (Fsp3) is 0.200. The molecule has 0 aromatic heterocycles. The van der Waals surface area contributed by atoms with Crippen LogP contribution in [0.1, 0.15) is 17.3 Å². The van der Waals surface area contributed by atoms with E-state index in [1.165, 1.54) is 26.2 Å². The van der Waals surface area contributed by atoms with Gasteiger partial charge in [-0.1, -0.05) is 11.8 Å². The minimum absolute atomic E-state index is 0.00519. The zero-order valence-electron chi connectivity index (χ0n) is 8.54. The van der Waals surface area contributed by atoms with Crippen LogP contribution >= 0.6 is 27.7 Å². The second-order valence-electron chi connectivity index (χ2n) is 2.82. The van der Waals surface area contributed by atoms with Crippen molar-refractivity contribution in [1.82, 2.24) is 0 Å². The molecule has 0 aliphatic heterocycles. The van der Waals surface area contributed by atoms with Gasteiger partial charge in [-0.15, -0.1) is 0 Å². The maximum absolute atomic E-state index is 13.2. The lowest BCUT2D eigenvalue weighted by Crippen LogP contribution is -2.06. The van der Waals surface area contributed by atoms with E-state index >= 15 is 0 Å². The molecule has 6 heteroatoms. The Kier molecular flexibility index (Phi) is 4.49. The number of carbonyl (C=O) groups is 2. The lowest BCUT2D eigenvalue weighted by molar-refractivity contribution is -0.109. The Balaban J connectivity index is 3.32. The third-order valence-corrected chi connectivity index (χ3v) is 3.32. The third kappa shape index (κ3) is 2.82. The second kappa shape index (κ2) is 5.45. The van der Waals surface area contributed by atoms with Crippen molar-refractivity contribution in [2.75, 3.05) is 7.11 Å². The van der Waals surface area contributed by atoms with E-state index in [0.717, 1.165) is 11.8 Å². The van der Waals surface area contributed by atoms with Crippen LogP contribution in [0.3, 0.4) is 0 Å². The molecule has 0 saturated carbocycles. The zero-order chi connectivity index (χ0) is 12.3. The molecule has 0 spiro atoms. The van der Waals surface area contributed by atoms with Crippen LogP contribution < -0.4 is 0 Å². The SMILES string of the molecule is COC(=O)c1c(SC(C)=O)ccc(F)c1Br. The van der Waals surface area contributed by atoms with Gasteiger partial charge in [-0.05, 0) is 28.1 Å². The smallest absolute Gasteiger partial charge is 0.340 e. The van der Waals surface area contributed by atoms with Crippen molar-refractivity contribution in [1.29, 1.82) is 0 Å². The summed E-state index contributed by atoms with van der Waals surface area (Å²) in [7, 11) is 1.20. The highest BCUT2D eigenvalue weighted by atomic mass is 79.9. The number of methoxy groups -OCH3 is 1. The molecular formula is C10H8BrFO3S. The molecule has 0 saturated heterocycles. The largest absolute Gasteiger partial charge is 0.465 e. The predicted octanol–water partition coefficient (Wildman–Crippen LogP) is 3.01. The lowest BCUT2D eigenvalue weighted by Gasteiger charge is -2.08. The van der Waals surface area contributed by atoms with Crippen molar-refractivity contribution >= 4 is 38.8 Å². The first-order valence-electron chi connectivity index (χ1n) is 4.22. The van der Waals surface area contributed by atoms with Crippen LogP contribution in [0.4, 0.5) is 4.39 Å². The van der Waals surface area contributed by atoms with E-state index in [4.69, 9.17) is 0 Å². The topological polar surface area (TPSA) is 43.4 Å². The van der Waals surface area contributed by atoms with E-state index in [2.05, 4.69) is 20.7 Å². The molecule has 0 heterocycles. The molecule has 0 bridgehead atoms. The van der Waals surface area contributed by atoms with E-state index in [-0.39, 0.29) is 15.2 Å². The van der Waals surface area contributed by atoms with Gasteiger partial charge in [0, 0.05) is 11.8 Å². The van der Waals surface area contributed by atoms with E-state index in [1.54, 1.807) is 0 Å². The Morgan fingerprint density at radius 2 is 2.06 bits per heavy atom. The quantitative estimate of drug-likeness (QED) is 0.622. The number of benzene rings is 1. The first-order valence-corrected chi connectivity index (χ1v) is 5.83. The van der Waals surface area contributed by atoms with Crippen molar-refractivity contribution in [3.63, 3.8) is 0 Å². The molecule has 86 valence electrons. The van der Waals surface area contributed by atoms with Gasteiger partial charge in [0.1, 0.15) is 5.82 Å². The number of esters is 1. The molecular weight excluding hydrogens is 299 g/mol. The summed E-state index contributed by atoms with van der Waals surface area (Å²) in [6.07, 6.45) is 0. The number of rotatable bonds is 2. The maximum Gasteiger partial charge on any atom is 0.340 e. The minimum atomic E-state index is -0.685. The molecule has 0 atom stereocenters. The molecule has 1 aromatic carbocycles. The van der Waals surface area contributed by atoms with Crippen LogP contribution in [0.5, 0.6) is 0 Å². The normalized spacial score (nSPS) is 10.0. The van der Waals surface area contributed by atoms with Crippen LogP contribution in [0, 0.1) is 5.82 Å². The van der Waals surface area contributed by atoms with Gasteiger partial charge >= 0.3 is 5.97 Å². The van der Waals surface area contributed by atoms with Crippen LogP contribution in [0.25, 0.3) is 0 Å². The number of hydrogen-bond donors (Lipinski definition) is 0. The molecule has 0 aliphatic carbocycles. The lowest BCUT2D eigenvalue weighted by atomic mass is 10.2. The number of halogens is 2. The van der Waals surface area contributed by atoms with Crippen molar-refractivity contribution < 1.29 is 18.7 Å². The molecule has 3 nitrogen and oxygen atoms in total.